The van der Waals surface area contributed by atoms with Gasteiger partial charge in [-0.25, -0.2) is 4.98 Å². The third kappa shape index (κ3) is 6.87. The van der Waals surface area contributed by atoms with Crippen LogP contribution in [0.4, 0.5) is 0 Å². The van der Waals surface area contributed by atoms with E-state index in [1.54, 1.807) is 17.7 Å². The predicted molar refractivity (Wildman–Crippen MR) is 124 cm³/mol. The summed E-state index contributed by atoms with van der Waals surface area (Å²) in [6.45, 7) is 6.52. The standard InChI is InChI=1S/C24H38N4O3/c1-4-5-14-22(29)27(16-11-7-6-10-15-25)19(2)23-26-21-13-9-8-12-20(21)24(30)28(23)17-18-31-3/h8-9,12-13,19H,4-7,10-11,14-18,25H2,1-3H3/p+1/t19-/m0/s1. The minimum Gasteiger partial charge on any atom is -0.383 e. The number of carbonyl (C=O) groups is 1. The fourth-order valence-electron chi connectivity index (χ4n) is 3.86. The van der Waals surface area contributed by atoms with Crippen molar-refractivity contribution in [2.24, 2.45) is 0 Å². The van der Waals surface area contributed by atoms with Crippen molar-refractivity contribution in [2.45, 2.75) is 71.4 Å². The number of amides is 1. The third-order valence-electron chi connectivity index (χ3n) is 5.71. The number of para-hydroxylation sites is 1. The summed E-state index contributed by atoms with van der Waals surface area (Å²) in [5.41, 5.74) is 4.48. The molecule has 0 aliphatic rings. The SMILES string of the molecule is CCCCC(=O)N(CCCCCC[NH3+])[C@@H](C)c1nc2ccccc2c(=O)n1CCOC. The molecule has 0 saturated carbocycles. The second-order valence-corrected chi connectivity index (χ2v) is 8.07. The molecule has 0 aliphatic heterocycles. The number of aromatic nitrogens is 2. The monoisotopic (exact) mass is 431 g/mol. The lowest BCUT2D eigenvalue weighted by Crippen LogP contribution is -2.50. The Kier molecular flexibility index (Phi) is 10.7. The van der Waals surface area contributed by atoms with Crippen LogP contribution in [-0.4, -0.2) is 47.2 Å². The summed E-state index contributed by atoms with van der Waals surface area (Å²) in [5, 5.41) is 0.589. The molecule has 31 heavy (non-hydrogen) atoms. The van der Waals surface area contributed by atoms with Crippen LogP contribution in [0.2, 0.25) is 0 Å². The van der Waals surface area contributed by atoms with Crippen molar-refractivity contribution in [1.82, 2.24) is 14.5 Å². The molecule has 7 nitrogen and oxygen atoms in total. The number of carbonyl (C=O) groups excluding carboxylic acids is 1. The maximum atomic E-state index is 13.2. The Balaban J connectivity index is 2.39. The fourth-order valence-corrected chi connectivity index (χ4v) is 3.86. The molecule has 0 radical (unpaired) electrons. The van der Waals surface area contributed by atoms with Crippen molar-refractivity contribution < 1.29 is 15.3 Å². The lowest BCUT2D eigenvalue weighted by Gasteiger charge is -2.31. The number of hydrogen-bond donors (Lipinski definition) is 1. The van der Waals surface area contributed by atoms with Gasteiger partial charge < -0.3 is 15.4 Å². The lowest BCUT2D eigenvalue weighted by atomic mass is 10.1. The zero-order valence-corrected chi connectivity index (χ0v) is 19.4. The van der Waals surface area contributed by atoms with Crippen LogP contribution in [-0.2, 0) is 16.1 Å². The fraction of sp³-hybridized carbons (Fsp3) is 0.625. The number of methoxy groups -OCH3 is 1. The molecule has 0 saturated heterocycles. The van der Waals surface area contributed by atoms with Crippen molar-refractivity contribution in [3.8, 4) is 0 Å². The van der Waals surface area contributed by atoms with Crippen molar-refractivity contribution in [1.29, 1.82) is 0 Å². The number of unbranched alkanes of at least 4 members (excludes halogenated alkanes) is 4. The number of fused-ring (bicyclic) bond motifs is 1. The van der Waals surface area contributed by atoms with Gasteiger partial charge in [0.05, 0.1) is 36.6 Å². The van der Waals surface area contributed by atoms with Crippen LogP contribution in [0.5, 0.6) is 0 Å². The minimum absolute atomic E-state index is 0.0825. The molecule has 0 spiro atoms. The van der Waals surface area contributed by atoms with Gasteiger partial charge in [0.15, 0.2) is 0 Å². The Morgan fingerprint density at radius 1 is 1.19 bits per heavy atom. The number of rotatable bonds is 14. The van der Waals surface area contributed by atoms with E-state index < -0.39 is 0 Å². The van der Waals surface area contributed by atoms with E-state index in [4.69, 9.17) is 9.72 Å². The first-order chi connectivity index (χ1) is 15.0. The van der Waals surface area contributed by atoms with Gasteiger partial charge in [0.1, 0.15) is 5.82 Å². The van der Waals surface area contributed by atoms with Crippen molar-refractivity contribution in [3.05, 3.63) is 40.4 Å². The van der Waals surface area contributed by atoms with Crippen molar-refractivity contribution >= 4 is 16.8 Å². The van der Waals surface area contributed by atoms with Crippen LogP contribution < -0.4 is 11.3 Å². The van der Waals surface area contributed by atoms with E-state index in [1.165, 1.54) is 0 Å². The van der Waals surface area contributed by atoms with Crippen molar-refractivity contribution in [2.75, 3.05) is 26.8 Å². The highest BCUT2D eigenvalue weighted by molar-refractivity contribution is 5.78. The summed E-state index contributed by atoms with van der Waals surface area (Å²) in [7, 11) is 1.62. The number of quaternary nitrogens is 1. The third-order valence-corrected chi connectivity index (χ3v) is 5.71. The average molecular weight is 432 g/mol. The quantitative estimate of drug-likeness (QED) is 0.466. The molecule has 7 heteroatoms. The van der Waals surface area contributed by atoms with Gasteiger partial charge >= 0.3 is 0 Å². The predicted octanol–water partition coefficient (Wildman–Crippen LogP) is 2.93. The molecule has 1 atom stereocenters. The van der Waals surface area contributed by atoms with Crippen molar-refractivity contribution in [3.63, 3.8) is 0 Å². The summed E-state index contributed by atoms with van der Waals surface area (Å²) in [6, 6.07) is 7.10. The molecule has 1 aromatic heterocycles. The van der Waals surface area contributed by atoms with Gasteiger partial charge in [0.2, 0.25) is 5.91 Å². The van der Waals surface area contributed by atoms with Gasteiger partial charge in [0.25, 0.3) is 5.56 Å². The minimum atomic E-state index is -0.286. The number of benzene rings is 1. The van der Waals surface area contributed by atoms with Crippen LogP contribution in [0, 0.1) is 0 Å². The maximum absolute atomic E-state index is 13.2. The zero-order valence-electron chi connectivity index (χ0n) is 19.4. The summed E-state index contributed by atoms with van der Waals surface area (Å²) in [5.74, 6) is 0.760. The molecule has 1 aromatic carbocycles. The number of ether oxygens (including phenoxy) is 1. The molecule has 0 unspecified atom stereocenters. The molecule has 3 N–H and O–H groups in total. The maximum Gasteiger partial charge on any atom is 0.261 e. The Bertz CT molecular complexity index is 881. The molecule has 0 fully saturated rings. The van der Waals surface area contributed by atoms with E-state index in [2.05, 4.69) is 12.7 Å². The van der Waals surface area contributed by atoms with E-state index in [1.807, 2.05) is 30.0 Å². The first-order valence-corrected chi connectivity index (χ1v) is 11.6. The Hall–Kier alpha value is -2.25. The van der Waals surface area contributed by atoms with E-state index in [0.717, 1.165) is 45.1 Å². The van der Waals surface area contributed by atoms with Gasteiger partial charge in [-0.05, 0) is 44.7 Å². The highest BCUT2D eigenvalue weighted by atomic mass is 16.5. The van der Waals surface area contributed by atoms with Crippen LogP contribution >= 0.6 is 0 Å². The second-order valence-electron chi connectivity index (χ2n) is 8.07. The lowest BCUT2D eigenvalue weighted by molar-refractivity contribution is -0.368. The summed E-state index contributed by atoms with van der Waals surface area (Å²) in [4.78, 5) is 33.1. The van der Waals surface area contributed by atoms with Gasteiger partial charge in [-0.3, -0.25) is 14.2 Å². The molecule has 2 rings (SSSR count). The van der Waals surface area contributed by atoms with E-state index in [0.29, 0.717) is 42.8 Å². The molecule has 1 amide bonds. The Morgan fingerprint density at radius 2 is 1.94 bits per heavy atom. The number of hydrogen-bond acceptors (Lipinski definition) is 4. The van der Waals surface area contributed by atoms with Gasteiger partial charge in [-0.15, -0.1) is 0 Å². The van der Waals surface area contributed by atoms with E-state index in [-0.39, 0.29) is 17.5 Å². The van der Waals surface area contributed by atoms with Gasteiger partial charge in [-0.2, -0.15) is 0 Å². The summed E-state index contributed by atoms with van der Waals surface area (Å²) < 4.78 is 6.92. The second kappa shape index (κ2) is 13.2. The van der Waals surface area contributed by atoms with E-state index in [9.17, 15) is 9.59 Å². The first kappa shape index (κ1) is 25.0. The number of nitrogens with zero attached hydrogens (tertiary/aromatic N) is 3. The van der Waals surface area contributed by atoms with Gasteiger partial charge in [0, 0.05) is 20.1 Å². The highest BCUT2D eigenvalue weighted by Crippen LogP contribution is 2.22. The zero-order chi connectivity index (χ0) is 22.6. The molecular weight excluding hydrogens is 392 g/mol. The highest BCUT2D eigenvalue weighted by Gasteiger charge is 2.25. The van der Waals surface area contributed by atoms with Crippen LogP contribution in [0.25, 0.3) is 10.9 Å². The first-order valence-electron chi connectivity index (χ1n) is 11.6. The molecular formula is C24H39N4O3+. The molecule has 0 aliphatic carbocycles. The average Bonchev–Trinajstić information content (AvgIpc) is 2.78. The van der Waals surface area contributed by atoms with Crippen LogP contribution in [0.1, 0.15) is 70.7 Å². The Labute approximate surface area is 185 Å². The van der Waals surface area contributed by atoms with Crippen LogP contribution in [0.15, 0.2) is 29.1 Å². The molecule has 2 aromatic rings. The van der Waals surface area contributed by atoms with Crippen LogP contribution in [0.3, 0.4) is 0 Å². The van der Waals surface area contributed by atoms with Gasteiger partial charge in [-0.1, -0.05) is 31.9 Å². The molecule has 1 heterocycles. The normalized spacial score (nSPS) is 12.3. The molecule has 172 valence electrons. The molecule has 0 bridgehead atoms. The summed E-state index contributed by atoms with van der Waals surface area (Å²) in [6.07, 6.45) is 6.62. The Morgan fingerprint density at radius 3 is 2.65 bits per heavy atom. The smallest absolute Gasteiger partial charge is 0.261 e. The topological polar surface area (TPSA) is 92.1 Å². The largest absolute Gasteiger partial charge is 0.383 e. The summed E-state index contributed by atoms with van der Waals surface area (Å²) >= 11 is 0. The van der Waals surface area contributed by atoms with E-state index >= 15 is 0 Å².